The molecular weight excluding hydrogens is 262 g/mol. The van der Waals surface area contributed by atoms with E-state index in [0.29, 0.717) is 11.3 Å². The number of amides is 1. The molecule has 2 aromatic rings. The van der Waals surface area contributed by atoms with Crippen molar-refractivity contribution in [2.45, 2.75) is 13.8 Å². The Morgan fingerprint density at radius 2 is 1.71 bits per heavy atom. The van der Waals surface area contributed by atoms with Gasteiger partial charge in [0.1, 0.15) is 0 Å². The van der Waals surface area contributed by atoms with Gasteiger partial charge in [0.15, 0.2) is 0 Å². The lowest BCUT2D eigenvalue weighted by molar-refractivity contribution is 0.102. The Hall–Kier alpha value is -2.49. The van der Waals surface area contributed by atoms with Gasteiger partial charge in [-0.3, -0.25) is 4.79 Å². The maximum atomic E-state index is 12.3. The van der Waals surface area contributed by atoms with Crippen LogP contribution in [0.25, 0.3) is 0 Å². The molecule has 4 heteroatoms. The molecule has 0 spiro atoms. The lowest BCUT2D eigenvalue weighted by atomic mass is 10.1. The van der Waals surface area contributed by atoms with Crippen LogP contribution in [0, 0.1) is 13.8 Å². The number of benzene rings is 2. The molecular formula is C17H21N3O. The highest BCUT2D eigenvalue weighted by molar-refractivity contribution is 6.05. The van der Waals surface area contributed by atoms with Crippen LogP contribution >= 0.6 is 0 Å². The molecule has 0 aromatic heterocycles. The minimum atomic E-state index is -0.157. The first-order valence-corrected chi connectivity index (χ1v) is 6.84. The van der Waals surface area contributed by atoms with E-state index in [1.165, 1.54) is 0 Å². The van der Waals surface area contributed by atoms with Crippen LogP contribution in [0.15, 0.2) is 36.4 Å². The average molecular weight is 283 g/mol. The summed E-state index contributed by atoms with van der Waals surface area (Å²) in [5, 5.41) is 2.91. The van der Waals surface area contributed by atoms with Gasteiger partial charge in [-0.25, -0.2) is 0 Å². The average Bonchev–Trinajstić information content (AvgIpc) is 2.43. The molecule has 0 heterocycles. The summed E-state index contributed by atoms with van der Waals surface area (Å²) >= 11 is 0. The molecule has 0 unspecified atom stereocenters. The topological polar surface area (TPSA) is 58.4 Å². The van der Waals surface area contributed by atoms with Gasteiger partial charge in [0.25, 0.3) is 5.91 Å². The van der Waals surface area contributed by atoms with Gasteiger partial charge in [0.2, 0.25) is 0 Å². The van der Waals surface area contributed by atoms with Gasteiger partial charge < -0.3 is 16.0 Å². The smallest absolute Gasteiger partial charge is 0.255 e. The van der Waals surface area contributed by atoms with E-state index in [9.17, 15) is 4.79 Å². The van der Waals surface area contributed by atoms with E-state index in [1.807, 2.05) is 57.1 Å². The van der Waals surface area contributed by atoms with Gasteiger partial charge in [-0.15, -0.1) is 0 Å². The lowest BCUT2D eigenvalue weighted by Gasteiger charge is -2.17. The van der Waals surface area contributed by atoms with E-state index >= 15 is 0 Å². The van der Waals surface area contributed by atoms with Crippen LogP contribution in [-0.4, -0.2) is 20.0 Å². The summed E-state index contributed by atoms with van der Waals surface area (Å²) in [6, 6.07) is 11.2. The molecule has 0 aliphatic heterocycles. The second-order valence-corrected chi connectivity index (χ2v) is 5.42. The molecule has 0 aliphatic rings. The van der Waals surface area contributed by atoms with Crippen molar-refractivity contribution < 1.29 is 4.79 Å². The number of nitrogen functional groups attached to an aromatic ring is 1. The molecule has 0 saturated heterocycles. The highest BCUT2D eigenvalue weighted by Crippen LogP contribution is 2.23. The highest BCUT2D eigenvalue weighted by atomic mass is 16.1. The van der Waals surface area contributed by atoms with Gasteiger partial charge in [-0.2, -0.15) is 0 Å². The Kier molecular flexibility index (Phi) is 4.17. The zero-order chi connectivity index (χ0) is 15.6. The molecule has 0 atom stereocenters. The molecule has 0 radical (unpaired) electrons. The maximum absolute atomic E-state index is 12.3. The number of carbonyl (C=O) groups excluding carboxylic acids is 1. The normalized spacial score (nSPS) is 10.3. The minimum Gasteiger partial charge on any atom is -0.398 e. The van der Waals surface area contributed by atoms with Gasteiger partial charge in [-0.1, -0.05) is 12.1 Å². The maximum Gasteiger partial charge on any atom is 0.255 e. The van der Waals surface area contributed by atoms with Crippen molar-refractivity contribution in [3.05, 3.63) is 53.1 Å². The number of carbonyl (C=O) groups is 1. The summed E-state index contributed by atoms with van der Waals surface area (Å²) in [6.07, 6.45) is 0. The number of nitrogens with two attached hydrogens (primary N) is 1. The molecule has 1 amide bonds. The molecule has 21 heavy (non-hydrogen) atoms. The van der Waals surface area contributed by atoms with E-state index in [2.05, 4.69) is 5.32 Å². The minimum absolute atomic E-state index is 0.157. The summed E-state index contributed by atoms with van der Waals surface area (Å²) < 4.78 is 0. The Labute approximate surface area is 125 Å². The predicted molar refractivity (Wildman–Crippen MR) is 89.1 cm³/mol. The molecule has 0 saturated carbocycles. The molecule has 2 rings (SSSR count). The van der Waals surface area contributed by atoms with Crippen molar-refractivity contribution in [3.63, 3.8) is 0 Å². The van der Waals surface area contributed by atoms with Crippen molar-refractivity contribution >= 4 is 23.0 Å². The largest absolute Gasteiger partial charge is 0.398 e. The molecule has 0 aliphatic carbocycles. The van der Waals surface area contributed by atoms with Gasteiger partial charge in [0.05, 0.1) is 0 Å². The molecule has 3 N–H and O–H groups in total. The van der Waals surface area contributed by atoms with Gasteiger partial charge >= 0.3 is 0 Å². The van der Waals surface area contributed by atoms with Crippen molar-refractivity contribution in [2.24, 2.45) is 0 Å². The number of nitrogens with zero attached hydrogens (tertiary/aromatic N) is 1. The van der Waals surface area contributed by atoms with Crippen LogP contribution in [-0.2, 0) is 0 Å². The summed E-state index contributed by atoms with van der Waals surface area (Å²) in [5.41, 5.74) is 11.0. The predicted octanol–water partition coefficient (Wildman–Crippen LogP) is 3.20. The first-order chi connectivity index (χ1) is 9.88. The molecule has 0 bridgehead atoms. The standard InChI is InChI=1S/C17H21N3O/c1-11-5-7-13(9-15(11)18)17(21)19-14-8-6-12(2)16(10-14)20(3)4/h5-10H,18H2,1-4H3,(H,19,21). The summed E-state index contributed by atoms with van der Waals surface area (Å²) in [5.74, 6) is -0.157. The lowest BCUT2D eigenvalue weighted by Crippen LogP contribution is -2.14. The zero-order valence-corrected chi connectivity index (χ0v) is 12.9. The van der Waals surface area contributed by atoms with E-state index in [0.717, 1.165) is 22.5 Å². The SMILES string of the molecule is Cc1ccc(C(=O)Nc2ccc(C)c(N(C)C)c2)cc1N. The van der Waals surface area contributed by atoms with Crippen LogP contribution in [0.3, 0.4) is 0 Å². The van der Waals surface area contributed by atoms with E-state index in [1.54, 1.807) is 12.1 Å². The van der Waals surface area contributed by atoms with E-state index in [4.69, 9.17) is 5.73 Å². The Morgan fingerprint density at radius 3 is 2.33 bits per heavy atom. The van der Waals surface area contributed by atoms with Crippen LogP contribution in [0.1, 0.15) is 21.5 Å². The molecule has 4 nitrogen and oxygen atoms in total. The Bertz CT molecular complexity index is 678. The zero-order valence-electron chi connectivity index (χ0n) is 12.9. The third-order valence-electron chi connectivity index (χ3n) is 3.49. The number of rotatable bonds is 3. The number of hydrogen-bond donors (Lipinski definition) is 2. The highest BCUT2D eigenvalue weighted by Gasteiger charge is 2.09. The van der Waals surface area contributed by atoms with Gasteiger partial charge in [-0.05, 0) is 49.2 Å². The first-order valence-electron chi connectivity index (χ1n) is 6.84. The second kappa shape index (κ2) is 5.87. The number of hydrogen-bond acceptors (Lipinski definition) is 3. The Morgan fingerprint density at radius 1 is 1.05 bits per heavy atom. The number of aryl methyl sites for hydroxylation is 2. The molecule has 0 fully saturated rings. The summed E-state index contributed by atoms with van der Waals surface area (Å²) in [6.45, 7) is 3.96. The van der Waals surface area contributed by atoms with Crippen LogP contribution in [0.2, 0.25) is 0 Å². The van der Waals surface area contributed by atoms with Crippen molar-refractivity contribution in [1.82, 2.24) is 0 Å². The van der Waals surface area contributed by atoms with Gasteiger partial charge in [0, 0.05) is 36.7 Å². The fourth-order valence-corrected chi connectivity index (χ4v) is 2.15. The second-order valence-electron chi connectivity index (χ2n) is 5.42. The quantitative estimate of drug-likeness (QED) is 0.850. The monoisotopic (exact) mass is 283 g/mol. The molecule has 110 valence electrons. The van der Waals surface area contributed by atoms with Crippen LogP contribution < -0.4 is 16.0 Å². The summed E-state index contributed by atoms with van der Waals surface area (Å²) in [4.78, 5) is 14.3. The molecule has 2 aromatic carbocycles. The first kappa shape index (κ1) is 14.9. The van der Waals surface area contributed by atoms with Crippen molar-refractivity contribution in [2.75, 3.05) is 30.0 Å². The van der Waals surface area contributed by atoms with E-state index < -0.39 is 0 Å². The number of anilines is 3. The van der Waals surface area contributed by atoms with E-state index in [-0.39, 0.29) is 5.91 Å². The third-order valence-corrected chi connectivity index (χ3v) is 3.49. The van der Waals surface area contributed by atoms with Crippen LogP contribution in [0.4, 0.5) is 17.1 Å². The summed E-state index contributed by atoms with van der Waals surface area (Å²) in [7, 11) is 3.96. The third kappa shape index (κ3) is 3.34. The number of nitrogens with one attached hydrogen (secondary N) is 1. The fraction of sp³-hybridized carbons (Fsp3) is 0.235. The van der Waals surface area contributed by atoms with Crippen molar-refractivity contribution in [3.8, 4) is 0 Å². The Balaban J connectivity index is 2.23. The van der Waals surface area contributed by atoms with Crippen molar-refractivity contribution in [1.29, 1.82) is 0 Å². The fourth-order valence-electron chi connectivity index (χ4n) is 2.15. The van der Waals surface area contributed by atoms with Crippen LogP contribution in [0.5, 0.6) is 0 Å².